The minimum atomic E-state index is -3.71. The maximum Gasteiger partial charge on any atom is 0.322 e. The highest BCUT2D eigenvalue weighted by atomic mass is 127. The fourth-order valence-corrected chi connectivity index (χ4v) is 4.49. The van der Waals surface area contributed by atoms with Crippen molar-refractivity contribution in [3.63, 3.8) is 0 Å². The number of hydrogen-bond acceptors (Lipinski definition) is 3. The van der Waals surface area contributed by atoms with E-state index in [1.165, 1.54) is 6.07 Å². The summed E-state index contributed by atoms with van der Waals surface area (Å²) in [6.45, 7) is 0.269. The number of nitrogens with zero attached hydrogens (tertiary/aromatic N) is 1. The molecule has 0 saturated carbocycles. The van der Waals surface area contributed by atoms with Crippen LogP contribution in [0.15, 0.2) is 29.2 Å². The molecule has 7 heteroatoms. The molecule has 1 aliphatic rings. The van der Waals surface area contributed by atoms with E-state index in [0.29, 0.717) is 12.8 Å². The molecule has 0 aromatic heterocycles. The lowest BCUT2D eigenvalue weighted by Crippen LogP contribution is -2.40. The van der Waals surface area contributed by atoms with E-state index in [-0.39, 0.29) is 11.4 Å². The number of aliphatic carboxylic acids is 1. The Labute approximate surface area is 119 Å². The summed E-state index contributed by atoms with van der Waals surface area (Å²) in [7, 11) is -3.71. The summed E-state index contributed by atoms with van der Waals surface area (Å²) in [5.74, 6) is -1.08. The van der Waals surface area contributed by atoms with Gasteiger partial charge in [0.05, 0.1) is 4.90 Å². The zero-order chi connectivity index (χ0) is 13.3. The van der Waals surface area contributed by atoms with E-state index >= 15 is 0 Å². The molecule has 98 valence electrons. The smallest absolute Gasteiger partial charge is 0.322 e. The summed E-state index contributed by atoms with van der Waals surface area (Å²) in [6, 6.07) is 5.55. The first-order valence-corrected chi connectivity index (χ1v) is 7.95. The molecular formula is C11H12INO4S. The average Bonchev–Trinajstić information content (AvgIpc) is 2.78. The van der Waals surface area contributed by atoms with Crippen LogP contribution in [0.4, 0.5) is 0 Å². The van der Waals surface area contributed by atoms with Gasteiger partial charge < -0.3 is 5.11 Å². The normalized spacial score (nSPS) is 21.1. The summed E-state index contributed by atoms with van der Waals surface area (Å²) >= 11 is 2.03. The number of carboxylic acids is 1. The molecule has 0 unspecified atom stereocenters. The molecule has 1 saturated heterocycles. The van der Waals surface area contributed by atoms with Gasteiger partial charge >= 0.3 is 5.97 Å². The van der Waals surface area contributed by atoms with Gasteiger partial charge in [-0.15, -0.1) is 0 Å². The van der Waals surface area contributed by atoms with Gasteiger partial charge in [-0.05, 0) is 53.6 Å². The molecule has 1 heterocycles. The first-order chi connectivity index (χ1) is 8.43. The Hall–Kier alpha value is -0.670. The topological polar surface area (TPSA) is 74.7 Å². The van der Waals surface area contributed by atoms with Gasteiger partial charge in [-0.1, -0.05) is 6.07 Å². The molecule has 18 heavy (non-hydrogen) atoms. The molecule has 1 aliphatic heterocycles. The lowest BCUT2D eigenvalue weighted by Gasteiger charge is -2.20. The predicted octanol–water partition coefficient (Wildman–Crippen LogP) is 1.53. The lowest BCUT2D eigenvalue weighted by molar-refractivity contribution is -0.140. The quantitative estimate of drug-likeness (QED) is 0.806. The molecule has 0 amide bonds. The second-order valence-electron chi connectivity index (χ2n) is 4.07. The number of benzene rings is 1. The van der Waals surface area contributed by atoms with Crippen LogP contribution in [0.3, 0.4) is 0 Å². The van der Waals surface area contributed by atoms with Crippen molar-refractivity contribution in [3.05, 3.63) is 27.8 Å². The van der Waals surface area contributed by atoms with Gasteiger partial charge in [-0.3, -0.25) is 4.79 Å². The third-order valence-corrected chi connectivity index (χ3v) is 5.47. The van der Waals surface area contributed by atoms with E-state index in [0.717, 1.165) is 7.88 Å². The van der Waals surface area contributed by atoms with Crippen LogP contribution in [-0.4, -0.2) is 36.4 Å². The summed E-state index contributed by atoms with van der Waals surface area (Å²) in [6.07, 6.45) is 0.957. The van der Waals surface area contributed by atoms with Crippen molar-refractivity contribution in [2.45, 2.75) is 23.8 Å². The molecule has 1 aromatic rings. The van der Waals surface area contributed by atoms with Gasteiger partial charge in [-0.25, -0.2) is 8.42 Å². The molecule has 1 N–H and O–H groups in total. The van der Waals surface area contributed by atoms with Crippen LogP contribution in [0.25, 0.3) is 0 Å². The molecule has 1 fully saturated rings. The summed E-state index contributed by atoms with van der Waals surface area (Å²) in [4.78, 5) is 11.2. The summed E-state index contributed by atoms with van der Waals surface area (Å²) < 4.78 is 26.6. The van der Waals surface area contributed by atoms with E-state index in [1.54, 1.807) is 18.2 Å². The van der Waals surface area contributed by atoms with Gasteiger partial charge in [0.1, 0.15) is 6.04 Å². The van der Waals surface area contributed by atoms with Gasteiger partial charge in [0.15, 0.2) is 0 Å². The minimum Gasteiger partial charge on any atom is -0.480 e. The van der Waals surface area contributed by atoms with E-state index in [9.17, 15) is 13.2 Å². The number of carboxylic acid groups (broad SMARTS) is 1. The van der Waals surface area contributed by atoms with Crippen molar-refractivity contribution in [2.75, 3.05) is 6.54 Å². The molecule has 5 nitrogen and oxygen atoms in total. The van der Waals surface area contributed by atoms with Crippen molar-refractivity contribution in [1.29, 1.82) is 0 Å². The molecule has 1 atom stereocenters. The van der Waals surface area contributed by atoms with Crippen LogP contribution in [0.5, 0.6) is 0 Å². The molecule has 1 aromatic carbocycles. The highest BCUT2D eigenvalue weighted by Gasteiger charge is 2.39. The maximum absolute atomic E-state index is 12.4. The monoisotopic (exact) mass is 381 g/mol. The second-order valence-corrected chi connectivity index (χ2v) is 7.21. The first-order valence-electron chi connectivity index (χ1n) is 5.43. The van der Waals surface area contributed by atoms with Gasteiger partial charge in [0.25, 0.3) is 0 Å². The average molecular weight is 381 g/mol. The Morgan fingerprint density at radius 3 is 2.78 bits per heavy atom. The van der Waals surface area contributed by atoms with Gasteiger partial charge in [0, 0.05) is 10.1 Å². The van der Waals surface area contributed by atoms with Gasteiger partial charge in [0.2, 0.25) is 10.0 Å². The molecular weight excluding hydrogens is 369 g/mol. The van der Waals surface area contributed by atoms with Crippen molar-refractivity contribution < 1.29 is 18.3 Å². The van der Waals surface area contributed by atoms with Crippen molar-refractivity contribution >= 4 is 38.6 Å². The number of halogens is 1. The highest BCUT2D eigenvalue weighted by molar-refractivity contribution is 14.1. The van der Waals surface area contributed by atoms with Crippen LogP contribution in [0.2, 0.25) is 0 Å². The Bertz CT molecular complexity index is 572. The highest BCUT2D eigenvalue weighted by Crippen LogP contribution is 2.26. The SMILES string of the molecule is O=C(O)[C@@H]1CCCN1S(=O)(=O)c1cccc(I)c1. The van der Waals surface area contributed by atoms with E-state index in [4.69, 9.17) is 5.11 Å². The van der Waals surface area contributed by atoms with Crippen LogP contribution in [0.1, 0.15) is 12.8 Å². The third-order valence-electron chi connectivity index (χ3n) is 2.89. The Morgan fingerprint density at radius 2 is 2.17 bits per heavy atom. The van der Waals surface area contributed by atoms with E-state index in [1.807, 2.05) is 22.6 Å². The summed E-state index contributed by atoms with van der Waals surface area (Å²) in [5.41, 5.74) is 0. The van der Waals surface area contributed by atoms with Crippen LogP contribution < -0.4 is 0 Å². The van der Waals surface area contributed by atoms with Crippen molar-refractivity contribution in [2.24, 2.45) is 0 Å². The number of carbonyl (C=O) groups is 1. The van der Waals surface area contributed by atoms with Crippen LogP contribution in [-0.2, 0) is 14.8 Å². The maximum atomic E-state index is 12.4. The standard InChI is InChI=1S/C11H12INO4S/c12-8-3-1-4-9(7-8)18(16,17)13-6-2-5-10(13)11(14)15/h1,3-4,7,10H,2,5-6H2,(H,14,15)/t10-/m0/s1. The molecule has 0 spiro atoms. The summed E-state index contributed by atoms with van der Waals surface area (Å²) in [5, 5.41) is 9.04. The molecule has 0 bridgehead atoms. The predicted molar refractivity (Wildman–Crippen MR) is 73.7 cm³/mol. The van der Waals surface area contributed by atoms with E-state index < -0.39 is 22.0 Å². The lowest BCUT2D eigenvalue weighted by atomic mass is 10.2. The molecule has 2 rings (SSSR count). The fraction of sp³-hybridized carbons (Fsp3) is 0.364. The largest absolute Gasteiger partial charge is 0.480 e. The fourth-order valence-electron chi connectivity index (χ4n) is 2.04. The van der Waals surface area contributed by atoms with Crippen molar-refractivity contribution in [3.8, 4) is 0 Å². The first kappa shape index (κ1) is 13.8. The van der Waals surface area contributed by atoms with Gasteiger partial charge in [-0.2, -0.15) is 4.31 Å². The van der Waals surface area contributed by atoms with Crippen molar-refractivity contribution in [1.82, 2.24) is 4.31 Å². The number of hydrogen-bond donors (Lipinski definition) is 1. The number of rotatable bonds is 3. The Kier molecular flexibility index (Phi) is 3.93. The Balaban J connectivity index is 2.40. The molecule has 0 aliphatic carbocycles. The minimum absolute atomic E-state index is 0.155. The Morgan fingerprint density at radius 1 is 1.44 bits per heavy atom. The second kappa shape index (κ2) is 5.14. The molecule has 0 radical (unpaired) electrons. The zero-order valence-electron chi connectivity index (χ0n) is 9.41. The number of sulfonamides is 1. The van der Waals surface area contributed by atoms with Crippen LogP contribution in [0, 0.1) is 3.57 Å². The van der Waals surface area contributed by atoms with Crippen LogP contribution >= 0.6 is 22.6 Å². The zero-order valence-corrected chi connectivity index (χ0v) is 12.4. The third kappa shape index (κ3) is 2.52. The van der Waals surface area contributed by atoms with E-state index in [2.05, 4.69) is 0 Å².